The van der Waals surface area contributed by atoms with Gasteiger partial charge in [0, 0.05) is 24.3 Å². The highest BCUT2D eigenvalue weighted by molar-refractivity contribution is 7.89. The van der Waals surface area contributed by atoms with Gasteiger partial charge in [-0.1, -0.05) is 12.1 Å². The summed E-state index contributed by atoms with van der Waals surface area (Å²) in [6.45, 7) is 5.92. The van der Waals surface area contributed by atoms with Crippen LogP contribution < -0.4 is 9.62 Å². The Labute approximate surface area is 158 Å². The molecule has 1 saturated heterocycles. The number of nitrogens with one attached hydrogen (secondary N) is 1. The van der Waals surface area contributed by atoms with E-state index in [4.69, 9.17) is 4.74 Å². The summed E-state index contributed by atoms with van der Waals surface area (Å²) in [5.74, 6) is 0.389. The van der Waals surface area contributed by atoms with Crippen LogP contribution >= 0.6 is 0 Å². The predicted molar refractivity (Wildman–Crippen MR) is 100 cm³/mol. The monoisotopic (exact) mass is 390 g/mol. The average molecular weight is 390 g/mol. The van der Waals surface area contributed by atoms with Crippen LogP contribution in [0.15, 0.2) is 35.2 Å². The number of Topliss-reactive ketones (excluding diaryl/α,β-unsaturated/α-hetero) is 1. The quantitative estimate of drug-likeness (QED) is 0.742. The molecule has 0 amide bonds. The number of carbonyl (C=O) groups is 1. The number of hydrogen-bond acceptors (Lipinski definition) is 7. The normalized spacial score (nSPS) is 15.0. The van der Waals surface area contributed by atoms with Gasteiger partial charge < -0.3 is 9.64 Å². The van der Waals surface area contributed by atoms with Gasteiger partial charge in [-0.2, -0.15) is 0 Å². The Hall–Kier alpha value is -2.36. The van der Waals surface area contributed by atoms with Crippen LogP contribution in [0.5, 0.6) is 0 Å². The minimum absolute atomic E-state index is 0.0351. The SMILES string of the molecule is CC(=O)c1cccc(S(=O)(=O)NCc2cc(C)nc(N3CCOCC3)n2)c1. The molecule has 0 saturated carbocycles. The third-order valence-electron chi connectivity index (χ3n) is 4.18. The average Bonchev–Trinajstić information content (AvgIpc) is 2.67. The van der Waals surface area contributed by atoms with E-state index < -0.39 is 10.0 Å². The van der Waals surface area contributed by atoms with Crippen molar-refractivity contribution < 1.29 is 17.9 Å². The first-order valence-corrected chi connectivity index (χ1v) is 10.1. The van der Waals surface area contributed by atoms with Gasteiger partial charge in [0.25, 0.3) is 0 Å². The van der Waals surface area contributed by atoms with E-state index in [2.05, 4.69) is 14.7 Å². The molecule has 3 rings (SSSR count). The van der Waals surface area contributed by atoms with Crippen LogP contribution in [0, 0.1) is 6.92 Å². The van der Waals surface area contributed by atoms with Gasteiger partial charge in [0.2, 0.25) is 16.0 Å². The molecule has 1 N–H and O–H groups in total. The molecular formula is C18H22N4O4S. The molecule has 0 radical (unpaired) electrons. The standard InChI is InChI=1S/C18H22N4O4S/c1-13-10-16(21-18(20-13)22-6-8-26-9-7-22)12-19-27(24,25)17-5-3-4-15(11-17)14(2)23/h3-5,10-11,19H,6-9,12H2,1-2H3. The minimum Gasteiger partial charge on any atom is -0.378 e. The third kappa shape index (κ3) is 4.88. The zero-order chi connectivity index (χ0) is 19.4. The molecule has 0 unspecified atom stereocenters. The molecule has 1 aromatic carbocycles. The van der Waals surface area contributed by atoms with Gasteiger partial charge in [-0.3, -0.25) is 4.79 Å². The molecule has 2 aromatic rings. The summed E-state index contributed by atoms with van der Waals surface area (Å²) in [5, 5.41) is 0. The summed E-state index contributed by atoms with van der Waals surface area (Å²) in [4.78, 5) is 22.5. The Balaban J connectivity index is 1.76. The maximum Gasteiger partial charge on any atom is 0.240 e. The Morgan fingerprint density at radius 1 is 1.22 bits per heavy atom. The minimum atomic E-state index is -3.76. The van der Waals surface area contributed by atoms with Gasteiger partial charge in [0.1, 0.15) is 0 Å². The van der Waals surface area contributed by atoms with E-state index in [1.807, 2.05) is 11.8 Å². The van der Waals surface area contributed by atoms with E-state index in [9.17, 15) is 13.2 Å². The first kappa shape index (κ1) is 19.4. The molecule has 1 aliphatic heterocycles. The lowest BCUT2D eigenvalue weighted by atomic mass is 10.2. The number of nitrogens with zero attached hydrogens (tertiary/aromatic N) is 3. The molecule has 1 aliphatic rings. The maximum atomic E-state index is 12.6. The van der Waals surface area contributed by atoms with Crippen LogP contribution in [0.4, 0.5) is 5.95 Å². The van der Waals surface area contributed by atoms with Gasteiger partial charge >= 0.3 is 0 Å². The first-order chi connectivity index (χ1) is 12.8. The Kier molecular flexibility index (Phi) is 5.83. The summed E-state index contributed by atoms with van der Waals surface area (Å²) in [6.07, 6.45) is 0. The van der Waals surface area contributed by atoms with Crippen LogP contribution in [-0.4, -0.2) is 50.5 Å². The number of aromatic nitrogens is 2. The highest BCUT2D eigenvalue weighted by Gasteiger charge is 2.18. The second-order valence-electron chi connectivity index (χ2n) is 6.31. The predicted octanol–water partition coefficient (Wildman–Crippen LogP) is 1.30. The molecular weight excluding hydrogens is 368 g/mol. The van der Waals surface area contributed by atoms with E-state index in [1.54, 1.807) is 18.2 Å². The highest BCUT2D eigenvalue weighted by Crippen LogP contribution is 2.15. The number of carbonyl (C=O) groups excluding carboxylic acids is 1. The zero-order valence-corrected chi connectivity index (χ0v) is 16.1. The van der Waals surface area contributed by atoms with Gasteiger partial charge in [-0.15, -0.1) is 0 Å². The van der Waals surface area contributed by atoms with Crippen molar-refractivity contribution in [3.8, 4) is 0 Å². The summed E-state index contributed by atoms with van der Waals surface area (Å²) in [5.41, 5.74) is 1.69. The second kappa shape index (κ2) is 8.12. The lowest BCUT2D eigenvalue weighted by Crippen LogP contribution is -2.37. The molecule has 8 nitrogen and oxygen atoms in total. The van der Waals surface area contributed by atoms with E-state index >= 15 is 0 Å². The third-order valence-corrected chi connectivity index (χ3v) is 5.58. The molecule has 144 valence electrons. The van der Waals surface area contributed by atoms with E-state index in [-0.39, 0.29) is 17.2 Å². The van der Waals surface area contributed by atoms with Crippen LogP contribution in [0.1, 0.15) is 28.7 Å². The van der Waals surface area contributed by atoms with E-state index in [0.717, 1.165) is 5.69 Å². The number of aryl methyl sites for hydroxylation is 1. The number of sulfonamides is 1. The number of hydrogen-bond donors (Lipinski definition) is 1. The smallest absolute Gasteiger partial charge is 0.240 e. The fourth-order valence-electron chi connectivity index (χ4n) is 2.75. The summed E-state index contributed by atoms with van der Waals surface area (Å²) >= 11 is 0. The summed E-state index contributed by atoms with van der Waals surface area (Å²) in [7, 11) is -3.76. The molecule has 1 aromatic heterocycles. The van der Waals surface area contributed by atoms with Crippen molar-refractivity contribution in [2.24, 2.45) is 0 Å². The number of ketones is 1. The van der Waals surface area contributed by atoms with Crippen LogP contribution in [-0.2, 0) is 21.3 Å². The molecule has 27 heavy (non-hydrogen) atoms. The summed E-state index contributed by atoms with van der Waals surface area (Å²) in [6, 6.07) is 7.72. The van der Waals surface area contributed by atoms with Crippen molar-refractivity contribution in [3.05, 3.63) is 47.3 Å². The highest BCUT2D eigenvalue weighted by atomic mass is 32.2. The first-order valence-electron chi connectivity index (χ1n) is 8.63. The molecule has 0 bridgehead atoms. The van der Waals surface area contributed by atoms with Crippen molar-refractivity contribution in [1.29, 1.82) is 0 Å². The van der Waals surface area contributed by atoms with Gasteiger partial charge in [0.15, 0.2) is 5.78 Å². The Morgan fingerprint density at radius 3 is 2.67 bits per heavy atom. The van der Waals surface area contributed by atoms with Gasteiger partial charge in [-0.05, 0) is 32.0 Å². The van der Waals surface area contributed by atoms with Crippen molar-refractivity contribution in [2.75, 3.05) is 31.2 Å². The molecule has 9 heteroatoms. The Morgan fingerprint density at radius 2 is 1.96 bits per heavy atom. The van der Waals surface area contributed by atoms with Crippen LogP contribution in [0.3, 0.4) is 0 Å². The van der Waals surface area contributed by atoms with Gasteiger partial charge in [-0.25, -0.2) is 23.1 Å². The lowest BCUT2D eigenvalue weighted by Gasteiger charge is -2.27. The molecule has 0 atom stereocenters. The molecule has 0 aliphatic carbocycles. The second-order valence-corrected chi connectivity index (χ2v) is 8.08. The number of benzene rings is 1. The fraction of sp³-hybridized carbons (Fsp3) is 0.389. The molecule has 0 spiro atoms. The number of rotatable bonds is 6. The molecule has 1 fully saturated rings. The van der Waals surface area contributed by atoms with Crippen LogP contribution in [0.2, 0.25) is 0 Å². The number of morpholine rings is 1. The van der Waals surface area contributed by atoms with Crippen LogP contribution in [0.25, 0.3) is 0 Å². The van der Waals surface area contributed by atoms with Crippen molar-refractivity contribution in [3.63, 3.8) is 0 Å². The fourth-order valence-corrected chi connectivity index (χ4v) is 3.79. The van der Waals surface area contributed by atoms with Crippen molar-refractivity contribution in [1.82, 2.24) is 14.7 Å². The van der Waals surface area contributed by atoms with E-state index in [0.29, 0.717) is 43.5 Å². The van der Waals surface area contributed by atoms with E-state index in [1.165, 1.54) is 19.1 Å². The largest absolute Gasteiger partial charge is 0.378 e. The Bertz CT molecular complexity index is 940. The number of anilines is 1. The topological polar surface area (TPSA) is 101 Å². The maximum absolute atomic E-state index is 12.6. The molecule has 2 heterocycles. The zero-order valence-electron chi connectivity index (χ0n) is 15.3. The van der Waals surface area contributed by atoms with Crippen molar-refractivity contribution in [2.45, 2.75) is 25.3 Å². The summed E-state index contributed by atoms with van der Waals surface area (Å²) < 4.78 is 33.0. The van der Waals surface area contributed by atoms with Crippen molar-refractivity contribution >= 4 is 21.8 Å². The lowest BCUT2D eigenvalue weighted by molar-refractivity contribution is 0.101. The number of ether oxygens (including phenoxy) is 1. The van der Waals surface area contributed by atoms with Gasteiger partial charge in [0.05, 0.1) is 30.3 Å².